The molecule has 0 radical (unpaired) electrons. The molecule has 1 aliphatic rings. The van der Waals surface area contributed by atoms with E-state index in [1.807, 2.05) is 6.92 Å². The summed E-state index contributed by atoms with van der Waals surface area (Å²) in [5, 5.41) is 0.120. The van der Waals surface area contributed by atoms with E-state index in [0.717, 1.165) is 51.5 Å². The number of pyridine rings is 1. The Balaban J connectivity index is 2.14. The Kier molecular flexibility index (Phi) is 6.58. The third-order valence-electron chi connectivity index (χ3n) is 5.51. The maximum atomic E-state index is 13.1. The average molecular weight is 411 g/mol. The molecular formula is C20H28F3N5O. The first kappa shape index (κ1) is 21.7. The Bertz CT molecular complexity index is 911. The van der Waals surface area contributed by atoms with Gasteiger partial charge in [0.05, 0.1) is 11.4 Å². The highest BCUT2D eigenvalue weighted by Gasteiger charge is 2.33. The zero-order chi connectivity index (χ0) is 21.2. The molecule has 0 aromatic carbocycles. The fourth-order valence-corrected chi connectivity index (χ4v) is 3.96. The number of nitrogens with zero attached hydrogens (tertiary/aromatic N) is 5. The van der Waals surface area contributed by atoms with Crippen LogP contribution in [-0.2, 0) is 12.7 Å². The van der Waals surface area contributed by atoms with E-state index in [0.29, 0.717) is 12.4 Å². The van der Waals surface area contributed by atoms with E-state index in [9.17, 15) is 18.0 Å². The molecule has 0 saturated carbocycles. The summed E-state index contributed by atoms with van der Waals surface area (Å²) < 4.78 is 41.0. The van der Waals surface area contributed by atoms with Crippen LogP contribution in [0.4, 0.5) is 13.2 Å². The van der Waals surface area contributed by atoms with Crippen molar-refractivity contribution in [2.45, 2.75) is 51.9 Å². The average Bonchev–Trinajstić information content (AvgIpc) is 2.89. The first-order valence-corrected chi connectivity index (χ1v) is 10.2. The van der Waals surface area contributed by atoms with Crippen LogP contribution in [0.15, 0.2) is 16.9 Å². The number of hydrogen-bond acceptors (Lipinski definition) is 5. The lowest BCUT2D eigenvalue weighted by Crippen LogP contribution is -2.37. The zero-order valence-electron chi connectivity index (χ0n) is 17.2. The van der Waals surface area contributed by atoms with Crippen molar-refractivity contribution in [1.82, 2.24) is 24.3 Å². The highest BCUT2D eigenvalue weighted by Crippen LogP contribution is 2.29. The normalized spacial score (nSPS) is 18.1. The lowest BCUT2D eigenvalue weighted by atomic mass is 10.1. The van der Waals surface area contributed by atoms with Crippen LogP contribution in [0.5, 0.6) is 0 Å². The van der Waals surface area contributed by atoms with Gasteiger partial charge in [-0.15, -0.1) is 0 Å². The van der Waals surface area contributed by atoms with Crippen molar-refractivity contribution < 1.29 is 13.2 Å². The predicted octanol–water partition coefficient (Wildman–Crippen LogP) is 3.31. The van der Waals surface area contributed by atoms with Gasteiger partial charge in [0.25, 0.3) is 5.56 Å². The third-order valence-corrected chi connectivity index (χ3v) is 5.51. The highest BCUT2D eigenvalue weighted by molar-refractivity contribution is 5.73. The van der Waals surface area contributed by atoms with Crippen molar-refractivity contribution in [2.24, 2.45) is 0 Å². The van der Waals surface area contributed by atoms with Crippen molar-refractivity contribution in [2.75, 3.05) is 33.2 Å². The molecule has 1 aliphatic heterocycles. The van der Waals surface area contributed by atoms with Gasteiger partial charge in [0.15, 0.2) is 5.65 Å². The molecule has 160 valence electrons. The Labute approximate surface area is 168 Å². The van der Waals surface area contributed by atoms with Gasteiger partial charge in [-0.05, 0) is 45.5 Å². The van der Waals surface area contributed by atoms with Gasteiger partial charge in [-0.1, -0.05) is 13.3 Å². The van der Waals surface area contributed by atoms with E-state index in [2.05, 4.69) is 33.7 Å². The molecule has 6 nitrogen and oxygen atoms in total. The molecule has 9 heteroatoms. The van der Waals surface area contributed by atoms with Crippen LogP contribution in [-0.4, -0.2) is 57.6 Å². The molecule has 2 aromatic heterocycles. The maximum absolute atomic E-state index is 13.1. The first-order chi connectivity index (χ1) is 13.8. The molecule has 3 rings (SSSR count). The van der Waals surface area contributed by atoms with Gasteiger partial charge >= 0.3 is 6.18 Å². The van der Waals surface area contributed by atoms with Crippen LogP contribution in [0.2, 0.25) is 0 Å². The molecular weight excluding hydrogens is 383 g/mol. The van der Waals surface area contributed by atoms with Gasteiger partial charge in [0, 0.05) is 26.2 Å². The quantitative estimate of drug-likeness (QED) is 0.756. The number of rotatable bonds is 5. The predicted molar refractivity (Wildman–Crippen MR) is 106 cm³/mol. The van der Waals surface area contributed by atoms with E-state index < -0.39 is 11.9 Å². The molecule has 0 spiro atoms. The van der Waals surface area contributed by atoms with Crippen molar-refractivity contribution in [3.63, 3.8) is 0 Å². The molecule has 2 aromatic rings. The smallest absolute Gasteiger partial charge is 0.305 e. The molecule has 1 unspecified atom stereocenters. The lowest BCUT2D eigenvalue weighted by Gasteiger charge is -2.31. The van der Waals surface area contributed by atoms with Gasteiger partial charge < -0.3 is 4.90 Å². The van der Waals surface area contributed by atoms with Crippen LogP contribution < -0.4 is 5.56 Å². The van der Waals surface area contributed by atoms with E-state index in [-0.39, 0.29) is 22.6 Å². The number of hydrogen-bond donors (Lipinski definition) is 0. The summed E-state index contributed by atoms with van der Waals surface area (Å²) >= 11 is 0. The van der Waals surface area contributed by atoms with Gasteiger partial charge in [-0.3, -0.25) is 14.3 Å². The summed E-state index contributed by atoms with van der Waals surface area (Å²) in [5.74, 6) is 0.517. The van der Waals surface area contributed by atoms with Crippen LogP contribution >= 0.6 is 0 Å². The second-order valence-corrected chi connectivity index (χ2v) is 7.58. The number of halogens is 3. The van der Waals surface area contributed by atoms with Crippen molar-refractivity contribution >= 4 is 11.0 Å². The number of fused-ring (bicyclic) bond motifs is 1. The van der Waals surface area contributed by atoms with Gasteiger partial charge in [0.2, 0.25) is 0 Å². The van der Waals surface area contributed by atoms with Gasteiger partial charge in [-0.2, -0.15) is 13.2 Å². The standard InChI is InChI=1S/C20H28F3N5O/c1-4-7-15(27-11-6-10-26(3)12-13-27)18-25-17-14(19(29)28(18)5-2)8-9-16(24-17)20(21,22)23/h8-9,15H,4-7,10-13H2,1-3H3. The van der Waals surface area contributed by atoms with Gasteiger partial charge in [-0.25, -0.2) is 9.97 Å². The van der Waals surface area contributed by atoms with Crippen LogP contribution in [0, 0.1) is 0 Å². The number of aromatic nitrogens is 3. The van der Waals surface area contributed by atoms with E-state index in [4.69, 9.17) is 0 Å². The van der Waals surface area contributed by atoms with Crippen molar-refractivity contribution in [3.8, 4) is 0 Å². The summed E-state index contributed by atoms with van der Waals surface area (Å²) in [4.78, 5) is 25.8. The zero-order valence-corrected chi connectivity index (χ0v) is 17.2. The fraction of sp³-hybridized carbons (Fsp3) is 0.650. The molecule has 1 saturated heterocycles. The minimum atomic E-state index is -4.58. The second kappa shape index (κ2) is 8.79. The maximum Gasteiger partial charge on any atom is 0.433 e. The Morgan fingerprint density at radius 3 is 2.52 bits per heavy atom. The van der Waals surface area contributed by atoms with Crippen molar-refractivity contribution in [3.05, 3.63) is 34.0 Å². The minimum absolute atomic E-state index is 0.120. The second-order valence-electron chi connectivity index (χ2n) is 7.58. The summed E-state index contributed by atoms with van der Waals surface area (Å²) in [7, 11) is 2.08. The number of alkyl halides is 3. The number of likely N-dealkylation sites (N-methyl/N-ethyl adjacent to an activating group) is 1. The largest absolute Gasteiger partial charge is 0.433 e. The summed E-state index contributed by atoms with van der Waals surface area (Å²) in [6.07, 6.45) is -1.92. The molecule has 0 N–H and O–H groups in total. The molecule has 0 bridgehead atoms. The monoisotopic (exact) mass is 411 g/mol. The summed E-state index contributed by atoms with van der Waals surface area (Å²) in [5.41, 5.74) is -1.49. The molecule has 3 heterocycles. The van der Waals surface area contributed by atoms with Crippen LogP contribution in [0.1, 0.15) is 50.7 Å². The topological polar surface area (TPSA) is 54.3 Å². The van der Waals surface area contributed by atoms with Crippen LogP contribution in [0.25, 0.3) is 11.0 Å². The van der Waals surface area contributed by atoms with Gasteiger partial charge in [0.1, 0.15) is 11.5 Å². The summed E-state index contributed by atoms with van der Waals surface area (Å²) in [6, 6.07) is 1.91. The lowest BCUT2D eigenvalue weighted by molar-refractivity contribution is -0.141. The SMILES string of the molecule is CCCC(c1nc2nc(C(F)(F)F)ccc2c(=O)n1CC)N1CCCN(C)CC1. The Morgan fingerprint density at radius 2 is 1.86 bits per heavy atom. The summed E-state index contributed by atoms with van der Waals surface area (Å²) in [6.45, 7) is 7.92. The molecule has 1 atom stereocenters. The first-order valence-electron chi connectivity index (χ1n) is 10.2. The van der Waals surface area contributed by atoms with E-state index in [1.165, 1.54) is 6.07 Å². The molecule has 1 fully saturated rings. The van der Waals surface area contributed by atoms with E-state index in [1.54, 1.807) is 4.57 Å². The highest BCUT2D eigenvalue weighted by atomic mass is 19.4. The van der Waals surface area contributed by atoms with E-state index >= 15 is 0 Å². The third kappa shape index (κ3) is 4.61. The van der Waals surface area contributed by atoms with Crippen LogP contribution in [0.3, 0.4) is 0 Å². The Morgan fingerprint density at radius 1 is 1.10 bits per heavy atom. The van der Waals surface area contributed by atoms with Crippen molar-refractivity contribution in [1.29, 1.82) is 0 Å². The minimum Gasteiger partial charge on any atom is -0.305 e. The fourth-order valence-electron chi connectivity index (χ4n) is 3.96. The molecule has 0 aliphatic carbocycles. The molecule has 0 amide bonds. The molecule has 29 heavy (non-hydrogen) atoms. The Hall–Kier alpha value is -2.00.